The van der Waals surface area contributed by atoms with E-state index >= 15 is 0 Å². The van der Waals surface area contributed by atoms with Gasteiger partial charge in [0.2, 0.25) is 5.91 Å². The van der Waals surface area contributed by atoms with E-state index in [4.69, 9.17) is 9.47 Å². The first-order valence-corrected chi connectivity index (χ1v) is 6.47. The smallest absolute Gasteiger partial charge is 0.331 e. The molecule has 0 spiro atoms. The number of amides is 1. The minimum Gasteiger partial charge on any atom is -0.467 e. The fourth-order valence-corrected chi connectivity index (χ4v) is 1.72. The number of rotatable bonds is 9. The van der Waals surface area contributed by atoms with Crippen LogP contribution in [-0.4, -0.2) is 37.7 Å². The Balaban J connectivity index is 4.23. The summed E-state index contributed by atoms with van der Waals surface area (Å²) in [5.41, 5.74) is -0.939. The van der Waals surface area contributed by atoms with E-state index in [1.54, 1.807) is 6.92 Å². The van der Waals surface area contributed by atoms with Gasteiger partial charge in [0, 0.05) is 13.0 Å². The lowest BCUT2D eigenvalue weighted by atomic mass is 9.96. The van der Waals surface area contributed by atoms with Crippen molar-refractivity contribution in [2.24, 2.45) is 0 Å². The van der Waals surface area contributed by atoms with Crippen molar-refractivity contribution in [3.8, 4) is 0 Å². The summed E-state index contributed by atoms with van der Waals surface area (Å²) in [5, 5.41) is 2.73. The Hall–Kier alpha value is -1.10. The maximum atomic E-state index is 11.7. The first-order valence-electron chi connectivity index (χ1n) is 6.47. The number of methoxy groups -OCH3 is 1. The molecule has 1 atom stereocenters. The molecule has 0 bridgehead atoms. The van der Waals surface area contributed by atoms with Gasteiger partial charge in [-0.05, 0) is 19.8 Å². The molecule has 0 aromatic heterocycles. The molecule has 1 amide bonds. The molecule has 106 valence electrons. The van der Waals surface area contributed by atoms with Crippen LogP contribution in [0.2, 0.25) is 0 Å². The summed E-state index contributed by atoms with van der Waals surface area (Å²) in [6, 6.07) is 0. The summed E-state index contributed by atoms with van der Waals surface area (Å²) in [6.45, 7) is 6.68. The number of nitrogens with one attached hydrogen (secondary N) is 1. The molecule has 0 rings (SSSR count). The van der Waals surface area contributed by atoms with Crippen LogP contribution in [0.5, 0.6) is 0 Å². The molecule has 0 saturated heterocycles. The Labute approximate surface area is 109 Å². The second-order valence-corrected chi connectivity index (χ2v) is 4.48. The van der Waals surface area contributed by atoms with Crippen LogP contribution in [0.4, 0.5) is 0 Å². The Kier molecular flexibility index (Phi) is 8.37. The number of carbonyl (C=O) groups excluding carboxylic acids is 2. The summed E-state index contributed by atoms with van der Waals surface area (Å²) >= 11 is 0. The Bertz CT molecular complexity index is 268. The second-order valence-electron chi connectivity index (χ2n) is 4.48. The van der Waals surface area contributed by atoms with Crippen molar-refractivity contribution in [2.45, 2.75) is 52.0 Å². The summed E-state index contributed by atoms with van der Waals surface area (Å²) < 4.78 is 9.96. The molecule has 0 radical (unpaired) electrons. The van der Waals surface area contributed by atoms with Crippen molar-refractivity contribution in [3.63, 3.8) is 0 Å². The van der Waals surface area contributed by atoms with Crippen molar-refractivity contribution >= 4 is 11.9 Å². The average Bonchev–Trinajstić information content (AvgIpc) is 2.33. The SMILES string of the molecule is CCCOCCC(=O)NC(C)(CCC)C(=O)OC. The predicted octanol–water partition coefficient (Wildman–Crippen LogP) is 1.65. The molecule has 5 nitrogen and oxygen atoms in total. The summed E-state index contributed by atoms with van der Waals surface area (Å²) in [4.78, 5) is 23.4. The molecule has 0 heterocycles. The maximum Gasteiger partial charge on any atom is 0.331 e. The number of carbonyl (C=O) groups is 2. The fourth-order valence-electron chi connectivity index (χ4n) is 1.72. The van der Waals surface area contributed by atoms with E-state index in [9.17, 15) is 9.59 Å². The topological polar surface area (TPSA) is 64.6 Å². The molecule has 0 fully saturated rings. The summed E-state index contributed by atoms with van der Waals surface area (Å²) in [7, 11) is 1.33. The van der Waals surface area contributed by atoms with Crippen molar-refractivity contribution in [1.82, 2.24) is 5.32 Å². The van der Waals surface area contributed by atoms with Crippen molar-refractivity contribution in [2.75, 3.05) is 20.3 Å². The molecule has 0 aliphatic carbocycles. The Morgan fingerprint density at radius 3 is 2.33 bits per heavy atom. The van der Waals surface area contributed by atoms with Gasteiger partial charge in [-0.15, -0.1) is 0 Å². The first-order chi connectivity index (χ1) is 8.50. The zero-order valence-electron chi connectivity index (χ0n) is 11.9. The quantitative estimate of drug-likeness (QED) is 0.505. The van der Waals surface area contributed by atoms with Crippen LogP contribution in [0, 0.1) is 0 Å². The highest BCUT2D eigenvalue weighted by atomic mass is 16.5. The standard InChI is InChI=1S/C13H25NO4/c1-5-8-13(3,12(16)17-4)14-11(15)7-10-18-9-6-2/h5-10H2,1-4H3,(H,14,15). The average molecular weight is 259 g/mol. The van der Waals surface area contributed by atoms with Gasteiger partial charge in [0.25, 0.3) is 0 Å². The second kappa shape index (κ2) is 8.91. The molecule has 18 heavy (non-hydrogen) atoms. The van der Waals surface area contributed by atoms with Crippen LogP contribution in [0.15, 0.2) is 0 Å². The largest absolute Gasteiger partial charge is 0.467 e. The predicted molar refractivity (Wildman–Crippen MR) is 69.2 cm³/mol. The lowest BCUT2D eigenvalue weighted by molar-refractivity contribution is -0.150. The third-order valence-corrected chi connectivity index (χ3v) is 2.62. The highest BCUT2D eigenvalue weighted by Crippen LogP contribution is 2.14. The first kappa shape index (κ1) is 16.9. The molecule has 0 aromatic rings. The Morgan fingerprint density at radius 2 is 1.83 bits per heavy atom. The van der Waals surface area contributed by atoms with Crippen LogP contribution < -0.4 is 5.32 Å². The van der Waals surface area contributed by atoms with Crippen LogP contribution in [0.3, 0.4) is 0 Å². The van der Waals surface area contributed by atoms with Gasteiger partial charge in [-0.25, -0.2) is 4.79 Å². The van der Waals surface area contributed by atoms with E-state index in [-0.39, 0.29) is 12.3 Å². The van der Waals surface area contributed by atoms with Crippen molar-refractivity contribution in [1.29, 1.82) is 0 Å². The summed E-state index contributed by atoms with van der Waals surface area (Å²) in [5.74, 6) is -0.598. The fraction of sp³-hybridized carbons (Fsp3) is 0.846. The highest BCUT2D eigenvalue weighted by molar-refractivity contribution is 5.87. The van der Waals surface area contributed by atoms with E-state index < -0.39 is 11.5 Å². The van der Waals surface area contributed by atoms with E-state index in [1.807, 2.05) is 13.8 Å². The van der Waals surface area contributed by atoms with Gasteiger partial charge in [0.05, 0.1) is 13.7 Å². The Morgan fingerprint density at radius 1 is 1.17 bits per heavy atom. The van der Waals surface area contributed by atoms with Crippen LogP contribution in [0.1, 0.15) is 46.5 Å². The van der Waals surface area contributed by atoms with Crippen LogP contribution in [0.25, 0.3) is 0 Å². The molecule has 0 aliphatic rings. The van der Waals surface area contributed by atoms with Gasteiger partial charge in [0.15, 0.2) is 0 Å². The highest BCUT2D eigenvalue weighted by Gasteiger charge is 2.34. The van der Waals surface area contributed by atoms with Gasteiger partial charge in [-0.2, -0.15) is 0 Å². The third-order valence-electron chi connectivity index (χ3n) is 2.62. The number of ether oxygens (including phenoxy) is 2. The minimum absolute atomic E-state index is 0.188. The van der Waals surface area contributed by atoms with Gasteiger partial charge < -0.3 is 14.8 Å². The van der Waals surface area contributed by atoms with E-state index in [1.165, 1.54) is 7.11 Å². The minimum atomic E-state index is -0.939. The zero-order valence-corrected chi connectivity index (χ0v) is 11.9. The molecule has 0 aromatic carbocycles. The monoisotopic (exact) mass is 259 g/mol. The molecule has 0 saturated carbocycles. The van der Waals surface area contributed by atoms with E-state index in [0.29, 0.717) is 19.6 Å². The molecule has 1 N–H and O–H groups in total. The van der Waals surface area contributed by atoms with Gasteiger partial charge in [-0.3, -0.25) is 4.79 Å². The molecular formula is C13H25NO4. The van der Waals surface area contributed by atoms with E-state index in [0.717, 1.165) is 12.8 Å². The maximum absolute atomic E-state index is 11.7. The number of esters is 1. The molecule has 0 aliphatic heterocycles. The van der Waals surface area contributed by atoms with E-state index in [2.05, 4.69) is 5.32 Å². The summed E-state index contributed by atoms with van der Waals surface area (Å²) in [6.07, 6.45) is 2.53. The number of hydrogen-bond acceptors (Lipinski definition) is 4. The molecular weight excluding hydrogens is 234 g/mol. The zero-order chi connectivity index (χ0) is 14.0. The van der Waals surface area contributed by atoms with Gasteiger partial charge >= 0.3 is 5.97 Å². The number of hydrogen-bond donors (Lipinski definition) is 1. The van der Waals surface area contributed by atoms with Crippen LogP contribution >= 0.6 is 0 Å². The van der Waals surface area contributed by atoms with Crippen LogP contribution in [-0.2, 0) is 19.1 Å². The lowest BCUT2D eigenvalue weighted by Gasteiger charge is -2.27. The lowest BCUT2D eigenvalue weighted by Crippen LogP contribution is -2.52. The van der Waals surface area contributed by atoms with Gasteiger partial charge in [-0.1, -0.05) is 20.3 Å². The molecule has 5 heteroatoms. The normalized spacial score (nSPS) is 13.8. The van der Waals surface area contributed by atoms with Gasteiger partial charge in [0.1, 0.15) is 5.54 Å². The molecule has 1 unspecified atom stereocenters. The van der Waals surface area contributed by atoms with Crippen molar-refractivity contribution in [3.05, 3.63) is 0 Å². The van der Waals surface area contributed by atoms with Crippen molar-refractivity contribution < 1.29 is 19.1 Å². The third kappa shape index (κ3) is 6.00.